The average molecular weight is 243 g/mol. The van der Waals surface area contributed by atoms with Crippen LogP contribution < -0.4 is 5.32 Å². The normalized spacial score (nSPS) is 34.2. The molecular weight excluding hydrogens is 230 g/mol. The van der Waals surface area contributed by atoms with E-state index in [0.29, 0.717) is 12.8 Å². The molecule has 5 heteroatoms. The number of aromatic nitrogens is 2. The number of nitrogens with one attached hydrogen (secondary N) is 1. The Morgan fingerprint density at radius 3 is 2.94 bits per heavy atom. The molecule has 1 aliphatic carbocycles. The summed E-state index contributed by atoms with van der Waals surface area (Å²) in [6.45, 7) is 0. The highest BCUT2D eigenvalue weighted by molar-refractivity contribution is 5.83. The molecule has 1 aromatic heterocycles. The number of carbonyl (C=O) groups is 1. The van der Waals surface area contributed by atoms with Crippen LogP contribution in [0.3, 0.4) is 0 Å². The number of fused-ring (bicyclic) bond motifs is 3. The zero-order chi connectivity index (χ0) is 12.3. The minimum Gasteiger partial charge on any atom is -0.371 e. The van der Waals surface area contributed by atoms with Crippen LogP contribution in [0, 0.1) is 5.92 Å². The molecular formula is C13H13N3O2. The number of nitrogens with zero attached hydrogens (tertiary/aromatic N) is 2. The van der Waals surface area contributed by atoms with Crippen LogP contribution in [-0.2, 0) is 10.3 Å². The van der Waals surface area contributed by atoms with Gasteiger partial charge >= 0.3 is 0 Å². The van der Waals surface area contributed by atoms with E-state index in [2.05, 4.69) is 10.3 Å². The zero-order valence-corrected chi connectivity index (χ0v) is 9.71. The van der Waals surface area contributed by atoms with Crippen LogP contribution >= 0.6 is 0 Å². The van der Waals surface area contributed by atoms with E-state index in [1.165, 1.54) is 0 Å². The number of para-hydroxylation sites is 2. The molecule has 0 radical (unpaired) electrons. The zero-order valence-electron chi connectivity index (χ0n) is 9.71. The summed E-state index contributed by atoms with van der Waals surface area (Å²) in [5.41, 5.74) is 1.51. The van der Waals surface area contributed by atoms with E-state index >= 15 is 0 Å². The Morgan fingerprint density at radius 1 is 1.39 bits per heavy atom. The standard InChI is InChI=1S/C13H13N3O2/c17-11-8-5-13(6-8,12(18)15-11)16-7-14-9-3-1-2-4-10(9)16/h1-4,7-8,12,18H,5-6H2,(H,15,17). The molecule has 2 N–H and O–H groups in total. The van der Waals surface area contributed by atoms with Crippen LogP contribution in [0.1, 0.15) is 12.8 Å². The van der Waals surface area contributed by atoms with Gasteiger partial charge < -0.3 is 15.0 Å². The highest BCUT2D eigenvalue weighted by Gasteiger charge is 2.58. The molecule has 1 saturated carbocycles. The van der Waals surface area contributed by atoms with Gasteiger partial charge in [0.2, 0.25) is 5.91 Å². The molecule has 3 aliphatic rings. The van der Waals surface area contributed by atoms with Gasteiger partial charge in [-0.2, -0.15) is 0 Å². The Bertz CT molecular complexity index is 642. The summed E-state index contributed by atoms with van der Waals surface area (Å²) in [5.74, 6) is 0.00311. The van der Waals surface area contributed by atoms with Crippen LogP contribution in [0.5, 0.6) is 0 Å². The molecule has 2 aromatic rings. The Balaban J connectivity index is 1.86. The van der Waals surface area contributed by atoms with E-state index in [0.717, 1.165) is 11.0 Å². The second kappa shape index (κ2) is 3.11. The number of aliphatic hydroxyl groups is 1. The van der Waals surface area contributed by atoms with E-state index in [-0.39, 0.29) is 11.8 Å². The van der Waals surface area contributed by atoms with E-state index in [9.17, 15) is 9.90 Å². The van der Waals surface area contributed by atoms with Crippen molar-refractivity contribution in [2.45, 2.75) is 24.6 Å². The number of aliphatic hydroxyl groups excluding tert-OH is 1. The Hall–Kier alpha value is -1.88. The first-order chi connectivity index (χ1) is 8.71. The number of imidazole rings is 1. The molecule has 5 rings (SSSR count). The Kier molecular flexibility index (Phi) is 1.74. The molecule has 3 fully saturated rings. The van der Waals surface area contributed by atoms with E-state index in [1.54, 1.807) is 6.33 Å². The van der Waals surface area contributed by atoms with Gasteiger partial charge in [0.05, 0.1) is 22.9 Å². The number of piperidine rings is 2. The summed E-state index contributed by atoms with van der Waals surface area (Å²) >= 11 is 0. The van der Waals surface area contributed by atoms with Crippen molar-refractivity contribution in [2.24, 2.45) is 5.92 Å². The van der Waals surface area contributed by atoms with Crippen LogP contribution in [-0.4, -0.2) is 26.8 Å². The van der Waals surface area contributed by atoms with Gasteiger partial charge in [-0.1, -0.05) is 12.1 Å². The second-order valence-electron chi connectivity index (χ2n) is 5.22. The van der Waals surface area contributed by atoms with Gasteiger partial charge in [0.1, 0.15) is 6.23 Å². The minimum atomic E-state index is -0.826. The number of hydrogen-bond acceptors (Lipinski definition) is 3. The monoisotopic (exact) mass is 243 g/mol. The lowest BCUT2D eigenvalue weighted by molar-refractivity contribution is -0.162. The van der Waals surface area contributed by atoms with E-state index in [1.807, 2.05) is 28.8 Å². The molecule has 2 aliphatic heterocycles. The van der Waals surface area contributed by atoms with Crippen molar-refractivity contribution in [1.29, 1.82) is 0 Å². The predicted molar refractivity (Wildman–Crippen MR) is 64.6 cm³/mol. The topological polar surface area (TPSA) is 67.2 Å². The third-order valence-electron chi connectivity index (χ3n) is 4.29. The lowest BCUT2D eigenvalue weighted by Crippen LogP contribution is -2.69. The lowest BCUT2D eigenvalue weighted by Gasteiger charge is -2.55. The minimum absolute atomic E-state index is 0.0335. The molecule has 0 spiro atoms. The summed E-state index contributed by atoms with van der Waals surface area (Å²) in [6.07, 6.45) is 2.33. The molecule has 1 amide bonds. The first kappa shape index (κ1) is 10.1. The number of amides is 1. The summed E-state index contributed by atoms with van der Waals surface area (Å²) < 4.78 is 2.02. The van der Waals surface area contributed by atoms with Gasteiger partial charge in [0.25, 0.3) is 0 Å². The quantitative estimate of drug-likeness (QED) is 0.770. The molecule has 18 heavy (non-hydrogen) atoms. The number of carbonyl (C=O) groups excluding carboxylic acids is 1. The van der Waals surface area contributed by atoms with Crippen molar-refractivity contribution < 1.29 is 9.90 Å². The van der Waals surface area contributed by atoms with Crippen molar-refractivity contribution >= 4 is 16.9 Å². The van der Waals surface area contributed by atoms with Gasteiger partial charge in [-0.15, -0.1) is 0 Å². The first-order valence-electron chi connectivity index (χ1n) is 6.12. The highest BCUT2D eigenvalue weighted by atomic mass is 16.3. The van der Waals surface area contributed by atoms with E-state index < -0.39 is 11.8 Å². The SMILES string of the molecule is O=C1NC(O)C2(n3cnc4ccccc43)CC1C2. The number of hydrogen-bond donors (Lipinski definition) is 2. The third-order valence-corrected chi connectivity index (χ3v) is 4.29. The summed E-state index contributed by atoms with van der Waals surface area (Å²) in [5, 5.41) is 12.8. The van der Waals surface area contributed by atoms with Gasteiger partial charge in [-0.3, -0.25) is 4.79 Å². The third kappa shape index (κ3) is 1.05. The lowest BCUT2D eigenvalue weighted by atomic mass is 9.63. The van der Waals surface area contributed by atoms with Crippen molar-refractivity contribution in [1.82, 2.24) is 14.9 Å². The fourth-order valence-electron chi connectivity index (χ4n) is 3.23. The highest BCUT2D eigenvalue weighted by Crippen LogP contribution is 2.50. The molecule has 1 atom stereocenters. The van der Waals surface area contributed by atoms with Gasteiger partial charge in [-0.25, -0.2) is 4.98 Å². The van der Waals surface area contributed by atoms with Gasteiger partial charge in [0, 0.05) is 5.92 Å². The van der Waals surface area contributed by atoms with Crippen LogP contribution in [0.15, 0.2) is 30.6 Å². The summed E-state index contributed by atoms with van der Waals surface area (Å²) in [6, 6.07) is 7.85. The number of benzene rings is 1. The largest absolute Gasteiger partial charge is 0.371 e. The maximum absolute atomic E-state index is 11.5. The first-order valence-corrected chi connectivity index (χ1v) is 6.12. The maximum atomic E-state index is 11.5. The maximum Gasteiger partial charge on any atom is 0.225 e. The Morgan fingerprint density at radius 2 is 2.17 bits per heavy atom. The fraction of sp³-hybridized carbons (Fsp3) is 0.385. The molecule has 2 saturated heterocycles. The van der Waals surface area contributed by atoms with Crippen LogP contribution in [0.25, 0.3) is 11.0 Å². The van der Waals surface area contributed by atoms with Crippen LogP contribution in [0.2, 0.25) is 0 Å². The molecule has 92 valence electrons. The predicted octanol–water partition coefficient (Wildman–Crippen LogP) is 0.590. The molecule has 3 heterocycles. The van der Waals surface area contributed by atoms with Crippen LogP contribution in [0.4, 0.5) is 0 Å². The van der Waals surface area contributed by atoms with Crippen molar-refractivity contribution in [3.05, 3.63) is 30.6 Å². The van der Waals surface area contributed by atoms with Gasteiger partial charge in [-0.05, 0) is 25.0 Å². The Labute approximate surface area is 103 Å². The fourth-order valence-corrected chi connectivity index (χ4v) is 3.23. The van der Waals surface area contributed by atoms with Crippen molar-refractivity contribution in [3.63, 3.8) is 0 Å². The molecule has 5 nitrogen and oxygen atoms in total. The van der Waals surface area contributed by atoms with Crippen molar-refractivity contribution in [2.75, 3.05) is 0 Å². The second-order valence-corrected chi connectivity index (χ2v) is 5.22. The summed E-state index contributed by atoms with van der Waals surface area (Å²) in [4.78, 5) is 15.9. The smallest absolute Gasteiger partial charge is 0.225 e. The molecule has 1 unspecified atom stereocenters. The molecule has 2 bridgehead atoms. The van der Waals surface area contributed by atoms with Crippen molar-refractivity contribution in [3.8, 4) is 0 Å². The summed E-state index contributed by atoms with van der Waals surface area (Å²) in [7, 11) is 0. The molecule has 1 aromatic carbocycles. The van der Waals surface area contributed by atoms with Gasteiger partial charge in [0.15, 0.2) is 0 Å². The average Bonchev–Trinajstić information content (AvgIpc) is 2.71. The van der Waals surface area contributed by atoms with E-state index in [4.69, 9.17) is 0 Å². The number of rotatable bonds is 1.